The Labute approximate surface area is 148 Å². The van der Waals surface area contributed by atoms with Crippen LogP contribution in [0.2, 0.25) is 0 Å². The van der Waals surface area contributed by atoms with E-state index in [0.29, 0.717) is 19.0 Å². The second kappa shape index (κ2) is 9.86. The molecule has 1 heterocycles. The summed E-state index contributed by atoms with van der Waals surface area (Å²) in [4.78, 5) is 27.7. The molecule has 25 heavy (non-hydrogen) atoms. The molecule has 0 bridgehead atoms. The molecule has 3 N–H and O–H groups in total. The zero-order chi connectivity index (χ0) is 18.1. The van der Waals surface area contributed by atoms with Gasteiger partial charge in [-0.1, -0.05) is 6.07 Å². The summed E-state index contributed by atoms with van der Waals surface area (Å²) in [7, 11) is 0. The summed E-state index contributed by atoms with van der Waals surface area (Å²) in [6, 6.07) is 3.51. The molecule has 0 spiro atoms. The molecule has 0 unspecified atom stereocenters. The van der Waals surface area contributed by atoms with Crippen molar-refractivity contribution in [1.29, 1.82) is 0 Å². The number of nitrogens with zero attached hydrogens (tertiary/aromatic N) is 1. The monoisotopic (exact) mass is 348 g/mol. The highest BCUT2D eigenvalue weighted by Crippen LogP contribution is 2.24. The molecule has 3 amide bonds. The zero-order valence-electron chi connectivity index (χ0n) is 15.0. The highest BCUT2D eigenvalue weighted by molar-refractivity contribution is 5.78. The van der Waals surface area contributed by atoms with Gasteiger partial charge in [0, 0.05) is 37.3 Å². The molecule has 2 rings (SSSR count). The Morgan fingerprint density at radius 3 is 2.76 bits per heavy atom. The molecular formula is C18H28N4O3. The molecule has 1 fully saturated rings. The van der Waals surface area contributed by atoms with Crippen LogP contribution in [0.1, 0.15) is 51.5 Å². The van der Waals surface area contributed by atoms with E-state index < -0.39 is 0 Å². The van der Waals surface area contributed by atoms with Crippen molar-refractivity contribution in [3.8, 4) is 5.88 Å². The summed E-state index contributed by atoms with van der Waals surface area (Å²) in [6.45, 7) is 4.43. The third kappa shape index (κ3) is 6.99. The Balaban J connectivity index is 1.73. The van der Waals surface area contributed by atoms with E-state index in [9.17, 15) is 9.59 Å². The van der Waals surface area contributed by atoms with Gasteiger partial charge < -0.3 is 20.7 Å². The summed E-state index contributed by atoms with van der Waals surface area (Å²) >= 11 is 0. The molecule has 0 atom stereocenters. The number of aromatic nitrogens is 1. The smallest absolute Gasteiger partial charge is 0.315 e. The van der Waals surface area contributed by atoms with Gasteiger partial charge in [0.2, 0.25) is 11.8 Å². The number of ether oxygens (including phenoxy) is 1. The maximum Gasteiger partial charge on any atom is 0.315 e. The van der Waals surface area contributed by atoms with Crippen LogP contribution in [0.3, 0.4) is 0 Å². The molecule has 7 nitrogen and oxygen atoms in total. The fourth-order valence-electron chi connectivity index (χ4n) is 2.75. The van der Waals surface area contributed by atoms with Crippen molar-refractivity contribution in [3.05, 3.63) is 23.9 Å². The van der Waals surface area contributed by atoms with Gasteiger partial charge in [-0.25, -0.2) is 9.78 Å². The van der Waals surface area contributed by atoms with Crippen LogP contribution >= 0.6 is 0 Å². The number of hydrogen-bond acceptors (Lipinski definition) is 4. The summed E-state index contributed by atoms with van der Waals surface area (Å²) in [5.74, 6) is 0.515. The second-order valence-electron chi connectivity index (χ2n) is 6.57. The first-order chi connectivity index (χ1) is 12.0. The van der Waals surface area contributed by atoms with Gasteiger partial charge in [-0.05, 0) is 45.6 Å². The maximum atomic E-state index is 11.9. The number of hydrogen-bond donors (Lipinski definition) is 3. The third-order valence-electron chi connectivity index (χ3n) is 3.96. The topological polar surface area (TPSA) is 92.4 Å². The second-order valence-corrected chi connectivity index (χ2v) is 6.57. The molecule has 1 aliphatic rings. The fourth-order valence-corrected chi connectivity index (χ4v) is 2.75. The highest BCUT2D eigenvalue weighted by atomic mass is 16.5. The lowest BCUT2D eigenvalue weighted by atomic mass is 10.2. The minimum Gasteiger partial charge on any atom is -0.474 e. The lowest BCUT2D eigenvalue weighted by Gasteiger charge is -2.15. The first kappa shape index (κ1) is 19.0. The van der Waals surface area contributed by atoms with Crippen molar-refractivity contribution in [2.45, 2.75) is 64.6 Å². The molecule has 1 aromatic heterocycles. The summed E-state index contributed by atoms with van der Waals surface area (Å²) in [6.07, 6.45) is 6.68. The van der Waals surface area contributed by atoms with E-state index in [-0.39, 0.29) is 30.5 Å². The van der Waals surface area contributed by atoms with Gasteiger partial charge in [-0.3, -0.25) is 4.79 Å². The molecule has 0 aliphatic heterocycles. The average molecular weight is 348 g/mol. The van der Waals surface area contributed by atoms with Crippen LogP contribution in [0.4, 0.5) is 4.79 Å². The van der Waals surface area contributed by atoms with Crippen LogP contribution < -0.4 is 20.7 Å². The molecule has 1 aromatic rings. The predicted octanol–water partition coefficient (Wildman–Crippen LogP) is 2.12. The van der Waals surface area contributed by atoms with Gasteiger partial charge in [-0.15, -0.1) is 0 Å². The SMILES string of the molecule is CC(C)NC(=O)CCNC(=O)NCc1cccnc1OC1CCCC1. The number of carbonyl (C=O) groups excluding carboxylic acids is 2. The highest BCUT2D eigenvalue weighted by Gasteiger charge is 2.18. The Morgan fingerprint density at radius 1 is 1.28 bits per heavy atom. The van der Waals surface area contributed by atoms with E-state index >= 15 is 0 Å². The van der Waals surface area contributed by atoms with Crippen LogP contribution in [-0.2, 0) is 11.3 Å². The lowest BCUT2D eigenvalue weighted by molar-refractivity contribution is -0.121. The quantitative estimate of drug-likeness (QED) is 0.671. The normalized spacial score (nSPS) is 14.4. The number of urea groups is 1. The molecule has 0 saturated heterocycles. The Bertz CT molecular complexity index is 571. The molecule has 0 radical (unpaired) electrons. The van der Waals surface area contributed by atoms with Gasteiger partial charge in [0.25, 0.3) is 0 Å². The summed E-state index contributed by atoms with van der Waals surface area (Å²) < 4.78 is 5.95. The average Bonchev–Trinajstić information content (AvgIpc) is 3.06. The minimum atomic E-state index is -0.312. The fraction of sp³-hybridized carbons (Fsp3) is 0.611. The van der Waals surface area contributed by atoms with Crippen molar-refractivity contribution >= 4 is 11.9 Å². The van der Waals surface area contributed by atoms with Gasteiger partial charge in [0.15, 0.2) is 0 Å². The van der Waals surface area contributed by atoms with E-state index in [1.807, 2.05) is 26.0 Å². The van der Waals surface area contributed by atoms with Crippen LogP contribution in [0.5, 0.6) is 5.88 Å². The Kier molecular flexibility index (Phi) is 7.50. The number of nitrogens with one attached hydrogen (secondary N) is 3. The van der Waals surface area contributed by atoms with Crippen molar-refractivity contribution in [2.24, 2.45) is 0 Å². The van der Waals surface area contributed by atoms with E-state index in [2.05, 4.69) is 20.9 Å². The maximum absolute atomic E-state index is 11.9. The van der Waals surface area contributed by atoms with Gasteiger partial charge >= 0.3 is 6.03 Å². The zero-order valence-corrected chi connectivity index (χ0v) is 15.0. The third-order valence-corrected chi connectivity index (χ3v) is 3.96. The van der Waals surface area contributed by atoms with E-state index in [4.69, 9.17) is 4.74 Å². The molecule has 138 valence electrons. The first-order valence-corrected chi connectivity index (χ1v) is 8.96. The standard InChI is InChI=1S/C18H28N4O3/c1-13(2)22-16(23)9-11-20-18(24)21-12-14-6-5-10-19-17(14)25-15-7-3-4-8-15/h5-6,10,13,15H,3-4,7-9,11-12H2,1-2H3,(H,22,23)(H2,20,21,24). The summed E-state index contributed by atoms with van der Waals surface area (Å²) in [5, 5.41) is 8.24. The lowest BCUT2D eigenvalue weighted by Crippen LogP contribution is -2.38. The minimum absolute atomic E-state index is 0.0743. The molecule has 0 aromatic carbocycles. The van der Waals surface area contributed by atoms with Crippen molar-refractivity contribution in [3.63, 3.8) is 0 Å². The van der Waals surface area contributed by atoms with Crippen LogP contribution in [0, 0.1) is 0 Å². The van der Waals surface area contributed by atoms with Crippen LogP contribution in [0.25, 0.3) is 0 Å². The molecular weight excluding hydrogens is 320 g/mol. The molecule has 1 saturated carbocycles. The van der Waals surface area contributed by atoms with Gasteiger partial charge in [0.1, 0.15) is 6.10 Å². The Morgan fingerprint density at radius 2 is 2.04 bits per heavy atom. The van der Waals surface area contributed by atoms with Crippen molar-refractivity contribution < 1.29 is 14.3 Å². The number of amides is 3. The van der Waals surface area contributed by atoms with E-state index in [1.165, 1.54) is 12.8 Å². The largest absolute Gasteiger partial charge is 0.474 e. The van der Waals surface area contributed by atoms with E-state index in [0.717, 1.165) is 18.4 Å². The van der Waals surface area contributed by atoms with Crippen LogP contribution in [0.15, 0.2) is 18.3 Å². The first-order valence-electron chi connectivity index (χ1n) is 8.96. The van der Waals surface area contributed by atoms with Gasteiger partial charge in [0.05, 0.1) is 0 Å². The summed E-state index contributed by atoms with van der Waals surface area (Å²) in [5.41, 5.74) is 0.849. The van der Waals surface area contributed by atoms with Gasteiger partial charge in [-0.2, -0.15) is 0 Å². The predicted molar refractivity (Wildman–Crippen MR) is 95.3 cm³/mol. The van der Waals surface area contributed by atoms with Crippen LogP contribution in [-0.4, -0.2) is 35.6 Å². The van der Waals surface area contributed by atoms with Crippen molar-refractivity contribution in [2.75, 3.05) is 6.54 Å². The molecule has 1 aliphatic carbocycles. The Hall–Kier alpha value is -2.31. The molecule has 7 heteroatoms. The number of carbonyl (C=O) groups is 2. The van der Waals surface area contributed by atoms with E-state index in [1.54, 1.807) is 6.20 Å². The number of pyridine rings is 1. The van der Waals surface area contributed by atoms with Crippen molar-refractivity contribution in [1.82, 2.24) is 20.9 Å². The number of rotatable bonds is 8.